The third-order valence-electron chi connectivity index (χ3n) is 2.21. The van der Waals surface area contributed by atoms with Gasteiger partial charge in [-0.25, -0.2) is 4.39 Å². The summed E-state index contributed by atoms with van der Waals surface area (Å²) in [6, 6.07) is 2.18. The molecule has 0 fully saturated rings. The van der Waals surface area contributed by atoms with Gasteiger partial charge in [0.1, 0.15) is 5.82 Å². The molecule has 1 aromatic rings. The fourth-order valence-electron chi connectivity index (χ4n) is 1.43. The van der Waals surface area contributed by atoms with Gasteiger partial charge in [-0.3, -0.25) is 4.79 Å². The first kappa shape index (κ1) is 15.2. The lowest BCUT2D eigenvalue weighted by molar-refractivity contribution is -0.142. The molecule has 0 radical (unpaired) electrons. The molecule has 104 valence electrons. The monoisotopic (exact) mass is 276 g/mol. The van der Waals surface area contributed by atoms with Crippen molar-refractivity contribution < 1.29 is 27.1 Å². The molecule has 0 heterocycles. The first-order chi connectivity index (χ1) is 8.84. The summed E-state index contributed by atoms with van der Waals surface area (Å²) >= 11 is 0. The second-order valence-corrected chi connectivity index (χ2v) is 3.64. The van der Waals surface area contributed by atoms with Crippen molar-refractivity contribution in [2.75, 3.05) is 6.61 Å². The van der Waals surface area contributed by atoms with Crippen molar-refractivity contribution >= 4 is 12.0 Å². The highest BCUT2D eigenvalue weighted by atomic mass is 19.4. The molecular weight excluding hydrogens is 264 g/mol. The Balaban J connectivity index is 2.90. The first-order valence-electron chi connectivity index (χ1n) is 5.53. The molecular formula is C13H12F4O2. The molecule has 0 aliphatic heterocycles. The van der Waals surface area contributed by atoms with Crippen LogP contribution in [0.5, 0.6) is 0 Å². The maximum absolute atomic E-state index is 12.9. The van der Waals surface area contributed by atoms with Gasteiger partial charge in [0.15, 0.2) is 0 Å². The number of benzene rings is 1. The topological polar surface area (TPSA) is 26.3 Å². The molecule has 19 heavy (non-hydrogen) atoms. The predicted molar refractivity (Wildman–Crippen MR) is 61.7 cm³/mol. The summed E-state index contributed by atoms with van der Waals surface area (Å²) < 4.78 is 55.5. The number of esters is 1. The average Bonchev–Trinajstić information content (AvgIpc) is 2.27. The molecule has 0 saturated carbocycles. The molecule has 0 atom stereocenters. The van der Waals surface area contributed by atoms with Gasteiger partial charge in [0.05, 0.1) is 18.6 Å². The minimum Gasteiger partial charge on any atom is -0.466 e. The Morgan fingerprint density at radius 1 is 1.37 bits per heavy atom. The third-order valence-corrected chi connectivity index (χ3v) is 2.21. The molecule has 0 bridgehead atoms. The number of alkyl halides is 3. The molecule has 0 spiro atoms. The van der Waals surface area contributed by atoms with Crippen LogP contribution in [0.2, 0.25) is 0 Å². The fourth-order valence-corrected chi connectivity index (χ4v) is 1.43. The number of carbonyl (C=O) groups excluding carboxylic acids is 1. The van der Waals surface area contributed by atoms with Gasteiger partial charge in [-0.1, -0.05) is 12.2 Å². The van der Waals surface area contributed by atoms with Crippen molar-refractivity contribution in [1.82, 2.24) is 0 Å². The van der Waals surface area contributed by atoms with E-state index in [1.165, 1.54) is 6.08 Å². The van der Waals surface area contributed by atoms with E-state index in [1.807, 2.05) is 0 Å². The normalized spacial score (nSPS) is 11.8. The molecule has 1 aromatic carbocycles. The number of rotatable bonds is 4. The zero-order valence-electron chi connectivity index (χ0n) is 10.1. The van der Waals surface area contributed by atoms with E-state index in [9.17, 15) is 22.4 Å². The largest absolute Gasteiger partial charge is 0.466 e. The number of hydrogen-bond donors (Lipinski definition) is 0. The lowest BCUT2D eigenvalue weighted by atomic mass is 10.1. The maximum Gasteiger partial charge on any atom is 0.416 e. The Kier molecular flexibility index (Phi) is 5.09. The van der Waals surface area contributed by atoms with Gasteiger partial charge in [-0.2, -0.15) is 13.2 Å². The summed E-state index contributed by atoms with van der Waals surface area (Å²) in [7, 11) is 0. The van der Waals surface area contributed by atoms with Gasteiger partial charge < -0.3 is 4.74 Å². The first-order valence-corrected chi connectivity index (χ1v) is 5.53. The third kappa shape index (κ3) is 4.73. The van der Waals surface area contributed by atoms with Crippen molar-refractivity contribution in [2.24, 2.45) is 0 Å². The van der Waals surface area contributed by atoms with Gasteiger partial charge in [-0.15, -0.1) is 0 Å². The smallest absolute Gasteiger partial charge is 0.416 e. The maximum atomic E-state index is 12.9. The van der Waals surface area contributed by atoms with E-state index in [4.69, 9.17) is 0 Å². The molecule has 1 rings (SSSR count). The van der Waals surface area contributed by atoms with E-state index < -0.39 is 23.5 Å². The Labute approximate surface area is 107 Å². The zero-order chi connectivity index (χ0) is 14.5. The van der Waals surface area contributed by atoms with E-state index in [0.29, 0.717) is 6.07 Å². The number of hydrogen-bond acceptors (Lipinski definition) is 2. The number of carbonyl (C=O) groups is 1. The summed E-state index contributed by atoms with van der Waals surface area (Å²) in [5.41, 5.74) is -1.27. The number of halogens is 4. The molecule has 6 heteroatoms. The molecule has 0 N–H and O–H groups in total. The molecule has 0 unspecified atom stereocenters. The molecule has 0 aliphatic rings. The van der Waals surface area contributed by atoms with E-state index in [1.54, 1.807) is 6.92 Å². The molecule has 0 aromatic heterocycles. The predicted octanol–water partition coefficient (Wildman–Crippen LogP) is 3.81. The quantitative estimate of drug-likeness (QED) is 0.617. The molecule has 0 amide bonds. The van der Waals surface area contributed by atoms with Crippen LogP contribution in [0.25, 0.3) is 6.08 Å². The van der Waals surface area contributed by atoms with Crippen molar-refractivity contribution in [3.8, 4) is 0 Å². The van der Waals surface area contributed by atoms with Gasteiger partial charge in [0, 0.05) is 0 Å². The Bertz CT molecular complexity index is 478. The Hall–Kier alpha value is -1.85. The van der Waals surface area contributed by atoms with Crippen LogP contribution < -0.4 is 0 Å². The minimum atomic E-state index is -4.57. The van der Waals surface area contributed by atoms with Crippen LogP contribution in [0, 0.1) is 5.82 Å². The van der Waals surface area contributed by atoms with Crippen molar-refractivity contribution in [3.05, 3.63) is 41.2 Å². The lowest BCUT2D eigenvalue weighted by Crippen LogP contribution is -2.07. The van der Waals surface area contributed by atoms with Crippen LogP contribution in [-0.2, 0) is 15.7 Å². The number of ether oxygens (including phenoxy) is 1. The highest BCUT2D eigenvalue weighted by Gasteiger charge is 2.32. The van der Waals surface area contributed by atoms with Crippen LogP contribution in [0.4, 0.5) is 17.6 Å². The van der Waals surface area contributed by atoms with Crippen molar-refractivity contribution in [2.45, 2.75) is 19.5 Å². The van der Waals surface area contributed by atoms with E-state index in [2.05, 4.69) is 4.74 Å². The summed E-state index contributed by atoms with van der Waals surface area (Å²) in [5.74, 6) is -1.33. The average molecular weight is 276 g/mol. The summed E-state index contributed by atoms with van der Waals surface area (Å²) in [6.45, 7) is 1.82. The second-order valence-electron chi connectivity index (χ2n) is 3.64. The van der Waals surface area contributed by atoms with Crippen LogP contribution in [0.1, 0.15) is 24.5 Å². The second kappa shape index (κ2) is 6.36. The minimum absolute atomic E-state index is 0.165. The fraction of sp³-hybridized carbons (Fsp3) is 0.308. The SMILES string of the molecule is CCOC(=O)CC=Cc1cc(F)ccc1C(F)(F)F. The van der Waals surface area contributed by atoms with E-state index >= 15 is 0 Å². The van der Waals surface area contributed by atoms with Crippen LogP contribution in [0.15, 0.2) is 24.3 Å². The molecule has 0 saturated heterocycles. The van der Waals surface area contributed by atoms with Gasteiger partial charge in [0.2, 0.25) is 0 Å². The van der Waals surface area contributed by atoms with Crippen LogP contribution in [-0.4, -0.2) is 12.6 Å². The summed E-state index contributed by atoms with van der Waals surface area (Å²) in [5, 5.41) is 0. The van der Waals surface area contributed by atoms with Crippen LogP contribution >= 0.6 is 0 Å². The van der Waals surface area contributed by atoms with Crippen molar-refractivity contribution in [1.29, 1.82) is 0 Å². The Morgan fingerprint density at radius 2 is 2.05 bits per heavy atom. The highest BCUT2D eigenvalue weighted by molar-refractivity contribution is 5.72. The standard InChI is InChI=1S/C13H12F4O2/c1-2-19-12(18)5-3-4-9-8-10(14)6-7-11(9)13(15,16)17/h3-4,6-8H,2,5H2,1H3. The summed E-state index contributed by atoms with van der Waals surface area (Å²) in [4.78, 5) is 11.0. The van der Waals surface area contributed by atoms with Gasteiger partial charge >= 0.3 is 12.1 Å². The molecule has 0 aliphatic carbocycles. The zero-order valence-corrected chi connectivity index (χ0v) is 10.1. The van der Waals surface area contributed by atoms with E-state index in [0.717, 1.165) is 18.2 Å². The molecule has 2 nitrogen and oxygen atoms in total. The van der Waals surface area contributed by atoms with E-state index in [-0.39, 0.29) is 18.6 Å². The van der Waals surface area contributed by atoms with Gasteiger partial charge in [0.25, 0.3) is 0 Å². The van der Waals surface area contributed by atoms with Gasteiger partial charge in [-0.05, 0) is 30.7 Å². The lowest BCUT2D eigenvalue weighted by Gasteiger charge is -2.10. The van der Waals surface area contributed by atoms with Crippen molar-refractivity contribution in [3.63, 3.8) is 0 Å². The Morgan fingerprint density at radius 3 is 2.63 bits per heavy atom. The summed E-state index contributed by atoms with van der Waals surface area (Å²) in [6.07, 6.45) is -2.47. The highest BCUT2D eigenvalue weighted by Crippen LogP contribution is 2.32. The van der Waals surface area contributed by atoms with Crippen LogP contribution in [0.3, 0.4) is 0 Å².